The van der Waals surface area contributed by atoms with Crippen molar-refractivity contribution in [3.05, 3.63) is 39.1 Å². The second kappa shape index (κ2) is 5.12. The molecule has 1 saturated heterocycles. The molecule has 1 nitrogen and oxygen atoms in total. The van der Waals surface area contributed by atoms with Gasteiger partial charge in [-0.3, -0.25) is 0 Å². The van der Waals surface area contributed by atoms with E-state index < -0.39 is 0 Å². The molecule has 0 aliphatic carbocycles. The van der Waals surface area contributed by atoms with Gasteiger partial charge in [-0.15, -0.1) is 11.3 Å². The number of halogens is 1. The van der Waals surface area contributed by atoms with E-state index in [0.29, 0.717) is 5.25 Å². The summed E-state index contributed by atoms with van der Waals surface area (Å²) in [6.07, 6.45) is 2.63. The van der Waals surface area contributed by atoms with E-state index in [2.05, 4.69) is 45.6 Å². The average molecular weight is 326 g/mol. The second-order valence-corrected chi connectivity index (χ2v) is 7.20. The summed E-state index contributed by atoms with van der Waals surface area (Å²) in [6, 6.07) is 8.37. The smallest absolute Gasteiger partial charge is 0.106 e. The molecule has 88 valence electrons. The van der Waals surface area contributed by atoms with E-state index in [0.717, 1.165) is 10.2 Å². The molecule has 4 heteroatoms. The summed E-state index contributed by atoms with van der Waals surface area (Å²) >= 11 is 7.30. The van der Waals surface area contributed by atoms with Crippen molar-refractivity contribution in [2.75, 3.05) is 5.75 Å². The fourth-order valence-corrected chi connectivity index (χ4v) is 4.58. The number of hydrogen-bond donors (Lipinski definition) is 0. The van der Waals surface area contributed by atoms with Crippen LogP contribution < -0.4 is 0 Å². The number of aromatic nitrogens is 1. The molecule has 0 radical (unpaired) electrons. The van der Waals surface area contributed by atoms with Crippen LogP contribution in [0, 0.1) is 0 Å². The molecule has 3 rings (SSSR count). The minimum absolute atomic E-state index is 0.643. The minimum Gasteiger partial charge on any atom is -0.240 e. The summed E-state index contributed by atoms with van der Waals surface area (Å²) in [5, 5.41) is 4.12. The second-order valence-electron chi connectivity index (χ2n) is 4.08. The molecule has 0 amide bonds. The monoisotopic (exact) mass is 325 g/mol. The van der Waals surface area contributed by atoms with Gasteiger partial charge >= 0.3 is 0 Å². The summed E-state index contributed by atoms with van der Waals surface area (Å²) in [5.74, 6) is 1.29. The van der Waals surface area contributed by atoms with E-state index in [1.165, 1.54) is 29.2 Å². The molecule has 2 aromatic rings. The first-order chi connectivity index (χ1) is 8.33. The van der Waals surface area contributed by atoms with E-state index in [4.69, 9.17) is 4.98 Å². The first-order valence-electron chi connectivity index (χ1n) is 5.66. The van der Waals surface area contributed by atoms with Gasteiger partial charge < -0.3 is 0 Å². The van der Waals surface area contributed by atoms with Gasteiger partial charge in [0.25, 0.3) is 0 Å². The van der Waals surface area contributed by atoms with Crippen LogP contribution in [0.3, 0.4) is 0 Å². The molecular weight excluding hydrogens is 314 g/mol. The lowest BCUT2D eigenvalue weighted by molar-refractivity contribution is 0.823. The molecule has 1 unspecified atom stereocenters. The van der Waals surface area contributed by atoms with Crippen molar-refractivity contribution in [1.82, 2.24) is 4.98 Å². The quantitative estimate of drug-likeness (QED) is 0.758. The molecule has 1 aliphatic rings. The maximum Gasteiger partial charge on any atom is 0.106 e. The van der Waals surface area contributed by atoms with E-state index in [9.17, 15) is 0 Å². The van der Waals surface area contributed by atoms with Crippen molar-refractivity contribution in [3.63, 3.8) is 0 Å². The summed E-state index contributed by atoms with van der Waals surface area (Å²) in [7, 11) is 0. The molecule has 0 N–H and O–H groups in total. The molecule has 1 aromatic heterocycles. The Labute approximate surface area is 118 Å². The maximum absolute atomic E-state index is 4.77. The van der Waals surface area contributed by atoms with Crippen LogP contribution in [0.2, 0.25) is 0 Å². The zero-order valence-corrected chi connectivity index (χ0v) is 12.4. The number of rotatable bonds is 2. The SMILES string of the molecule is Brc1ccc(-c2csc(C3CCCS3)n2)cc1. The molecule has 1 fully saturated rings. The van der Waals surface area contributed by atoms with Gasteiger partial charge in [-0.2, -0.15) is 11.8 Å². The van der Waals surface area contributed by atoms with Gasteiger partial charge in [-0.05, 0) is 30.7 Å². The Kier molecular flexibility index (Phi) is 3.54. The fraction of sp³-hybridized carbons (Fsp3) is 0.308. The van der Waals surface area contributed by atoms with Gasteiger partial charge in [0.15, 0.2) is 0 Å². The van der Waals surface area contributed by atoms with Gasteiger partial charge in [-0.25, -0.2) is 4.98 Å². The average Bonchev–Trinajstić information content (AvgIpc) is 3.00. The normalized spacial score (nSPS) is 19.7. The highest BCUT2D eigenvalue weighted by molar-refractivity contribution is 9.10. The molecule has 0 bridgehead atoms. The first kappa shape index (κ1) is 11.8. The number of thiazole rings is 1. The molecule has 17 heavy (non-hydrogen) atoms. The van der Waals surface area contributed by atoms with Gasteiger partial charge in [0.05, 0.1) is 10.9 Å². The van der Waals surface area contributed by atoms with Crippen molar-refractivity contribution in [3.8, 4) is 11.3 Å². The molecule has 2 heterocycles. The van der Waals surface area contributed by atoms with Crippen molar-refractivity contribution >= 4 is 39.0 Å². The third-order valence-corrected chi connectivity index (χ3v) is 5.89. The third-order valence-electron chi connectivity index (χ3n) is 2.87. The standard InChI is InChI=1S/C13H12BrNS2/c14-10-5-3-9(4-6-10)11-8-17-13(15-11)12-2-1-7-16-12/h3-6,8,12H,1-2,7H2. The Balaban J connectivity index is 1.86. The molecule has 1 aliphatic heterocycles. The van der Waals surface area contributed by atoms with E-state index in [1.807, 2.05) is 11.8 Å². The van der Waals surface area contributed by atoms with Crippen LogP contribution in [0.15, 0.2) is 34.1 Å². The predicted octanol–water partition coefficient (Wildman–Crippen LogP) is 5.14. The van der Waals surface area contributed by atoms with Gasteiger partial charge in [0.2, 0.25) is 0 Å². The van der Waals surface area contributed by atoms with Crippen LogP contribution >= 0.6 is 39.0 Å². The van der Waals surface area contributed by atoms with Crippen molar-refractivity contribution in [1.29, 1.82) is 0 Å². The van der Waals surface area contributed by atoms with E-state index >= 15 is 0 Å². The van der Waals surface area contributed by atoms with Crippen LogP contribution in [-0.2, 0) is 0 Å². The van der Waals surface area contributed by atoms with Crippen molar-refractivity contribution in [2.24, 2.45) is 0 Å². The molecule has 0 spiro atoms. The summed E-state index contributed by atoms with van der Waals surface area (Å²) < 4.78 is 1.11. The van der Waals surface area contributed by atoms with Gasteiger partial charge in [0, 0.05) is 15.4 Å². The highest BCUT2D eigenvalue weighted by atomic mass is 79.9. The lowest BCUT2D eigenvalue weighted by atomic mass is 10.2. The summed E-state index contributed by atoms with van der Waals surface area (Å²) in [4.78, 5) is 4.77. The Morgan fingerprint density at radius 2 is 2.06 bits per heavy atom. The largest absolute Gasteiger partial charge is 0.240 e. The van der Waals surface area contributed by atoms with Crippen LogP contribution in [0.1, 0.15) is 23.1 Å². The first-order valence-corrected chi connectivity index (χ1v) is 8.38. The third kappa shape index (κ3) is 2.59. The zero-order valence-electron chi connectivity index (χ0n) is 9.23. The summed E-state index contributed by atoms with van der Waals surface area (Å²) in [6.45, 7) is 0. The number of thioether (sulfide) groups is 1. The Bertz CT molecular complexity index is 500. The lowest BCUT2D eigenvalue weighted by Crippen LogP contribution is -1.87. The lowest BCUT2D eigenvalue weighted by Gasteiger charge is -2.02. The molecular formula is C13H12BrNS2. The topological polar surface area (TPSA) is 12.9 Å². The van der Waals surface area contributed by atoms with E-state index in [-0.39, 0.29) is 0 Å². The minimum atomic E-state index is 0.643. The number of nitrogens with zero attached hydrogens (tertiary/aromatic N) is 1. The maximum atomic E-state index is 4.77. The van der Waals surface area contributed by atoms with Gasteiger partial charge in [0.1, 0.15) is 5.01 Å². The molecule has 1 atom stereocenters. The van der Waals surface area contributed by atoms with Crippen LogP contribution in [0.5, 0.6) is 0 Å². The highest BCUT2D eigenvalue weighted by Crippen LogP contribution is 2.41. The Morgan fingerprint density at radius 3 is 2.76 bits per heavy atom. The van der Waals surface area contributed by atoms with Crippen LogP contribution in [-0.4, -0.2) is 10.7 Å². The summed E-state index contributed by atoms with van der Waals surface area (Å²) in [5.41, 5.74) is 2.32. The van der Waals surface area contributed by atoms with Crippen molar-refractivity contribution in [2.45, 2.75) is 18.1 Å². The predicted molar refractivity (Wildman–Crippen MR) is 79.7 cm³/mol. The molecule has 1 aromatic carbocycles. The molecule has 0 saturated carbocycles. The highest BCUT2D eigenvalue weighted by Gasteiger charge is 2.20. The van der Waals surface area contributed by atoms with Crippen LogP contribution in [0.25, 0.3) is 11.3 Å². The Morgan fingerprint density at radius 1 is 1.24 bits per heavy atom. The number of hydrogen-bond acceptors (Lipinski definition) is 3. The van der Waals surface area contributed by atoms with Crippen molar-refractivity contribution < 1.29 is 0 Å². The zero-order chi connectivity index (χ0) is 11.7. The van der Waals surface area contributed by atoms with E-state index in [1.54, 1.807) is 11.3 Å². The Hall–Kier alpha value is -0.320. The number of benzene rings is 1. The fourth-order valence-electron chi connectivity index (χ4n) is 1.96. The van der Waals surface area contributed by atoms with Gasteiger partial charge in [-0.1, -0.05) is 28.1 Å². The van der Waals surface area contributed by atoms with Crippen LogP contribution in [0.4, 0.5) is 0 Å².